The standard InChI is InChI=1S/C13H15FN2O3/c1-2-16(9-4-5-9)13(19)15-8-3-6-10(12(17)18)11(14)7-8/h3,6-7,9H,2,4-5H2,1H3,(H,15,19)(H,17,18). The molecular weight excluding hydrogens is 251 g/mol. The van der Waals surface area contributed by atoms with Gasteiger partial charge in [0.15, 0.2) is 0 Å². The Labute approximate surface area is 110 Å². The summed E-state index contributed by atoms with van der Waals surface area (Å²) in [5.74, 6) is -2.19. The van der Waals surface area contributed by atoms with Gasteiger partial charge in [-0.1, -0.05) is 0 Å². The summed E-state index contributed by atoms with van der Waals surface area (Å²) in [6, 6.07) is 3.52. The molecule has 0 heterocycles. The van der Waals surface area contributed by atoms with Crippen LogP contribution < -0.4 is 5.32 Å². The number of nitrogens with zero attached hydrogens (tertiary/aromatic N) is 1. The average Bonchev–Trinajstić information content (AvgIpc) is 3.14. The van der Waals surface area contributed by atoms with Gasteiger partial charge in [0, 0.05) is 18.3 Å². The highest BCUT2D eigenvalue weighted by atomic mass is 19.1. The maximum atomic E-state index is 13.5. The Morgan fingerprint density at radius 3 is 2.63 bits per heavy atom. The number of carboxylic acids is 1. The Hall–Kier alpha value is -2.11. The predicted octanol–water partition coefficient (Wildman–Crippen LogP) is 2.54. The average molecular weight is 266 g/mol. The smallest absolute Gasteiger partial charge is 0.338 e. The molecule has 2 amide bonds. The maximum Gasteiger partial charge on any atom is 0.338 e. The molecule has 1 saturated carbocycles. The van der Waals surface area contributed by atoms with Gasteiger partial charge in [0.25, 0.3) is 0 Å². The topological polar surface area (TPSA) is 69.6 Å². The van der Waals surface area contributed by atoms with Crippen LogP contribution in [0.5, 0.6) is 0 Å². The van der Waals surface area contributed by atoms with E-state index >= 15 is 0 Å². The number of hydrogen-bond donors (Lipinski definition) is 2. The Kier molecular flexibility index (Phi) is 3.69. The number of hydrogen-bond acceptors (Lipinski definition) is 2. The second-order valence-corrected chi connectivity index (χ2v) is 4.45. The van der Waals surface area contributed by atoms with Gasteiger partial charge in [-0.25, -0.2) is 14.0 Å². The van der Waals surface area contributed by atoms with Crippen molar-refractivity contribution in [2.75, 3.05) is 11.9 Å². The van der Waals surface area contributed by atoms with Crippen molar-refractivity contribution in [2.45, 2.75) is 25.8 Å². The number of amides is 2. The molecule has 2 rings (SSSR count). The lowest BCUT2D eigenvalue weighted by molar-refractivity contribution is 0.0692. The van der Waals surface area contributed by atoms with Crippen LogP contribution in [0.2, 0.25) is 0 Å². The highest BCUT2D eigenvalue weighted by Gasteiger charge is 2.31. The van der Waals surface area contributed by atoms with Gasteiger partial charge in [-0.2, -0.15) is 0 Å². The quantitative estimate of drug-likeness (QED) is 0.879. The molecule has 0 aliphatic heterocycles. The van der Waals surface area contributed by atoms with E-state index in [9.17, 15) is 14.0 Å². The van der Waals surface area contributed by atoms with Crippen LogP contribution in [0.15, 0.2) is 18.2 Å². The summed E-state index contributed by atoms with van der Waals surface area (Å²) >= 11 is 0. The molecule has 0 spiro atoms. The fraction of sp³-hybridized carbons (Fsp3) is 0.385. The maximum absolute atomic E-state index is 13.5. The zero-order chi connectivity index (χ0) is 14.0. The van der Waals surface area contributed by atoms with Crippen molar-refractivity contribution in [2.24, 2.45) is 0 Å². The number of carbonyl (C=O) groups excluding carboxylic acids is 1. The van der Waals surface area contributed by atoms with E-state index in [4.69, 9.17) is 5.11 Å². The van der Waals surface area contributed by atoms with Crippen LogP contribution in [-0.4, -0.2) is 34.6 Å². The van der Waals surface area contributed by atoms with Crippen molar-refractivity contribution in [3.05, 3.63) is 29.6 Å². The summed E-state index contributed by atoms with van der Waals surface area (Å²) < 4.78 is 13.5. The minimum atomic E-state index is -1.33. The van der Waals surface area contributed by atoms with Crippen molar-refractivity contribution < 1.29 is 19.1 Å². The monoisotopic (exact) mass is 266 g/mol. The van der Waals surface area contributed by atoms with Crippen LogP contribution in [-0.2, 0) is 0 Å². The number of rotatable bonds is 4. The molecule has 0 aromatic heterocycles. The largest absolute Gasteiger partial charge is 0.478 e. The number of carbonyl (C=O) groups is 2. The van der Waals surface area contributed by atoms with Crippen LogP contribution in [0.1, 0.15) is 30.1 Å². The van der Waals surface area contributed by atoms with Gasteiger partial charge < -0.3 is 15.3 Å². The number of halogens is 1. The van der Waals surface area contributed by atoms with Crippen molar-refractivity contribution in [3.8, 4) is 0 Å². The lowest BCUT2D eigenvalue weighted by Crippen LogP contribution is -2.36. The molecule has 1 fully saturated rings. The predicted molar refractivity (Wildman–Crippen MR) is 67.8 cm³/mol. The molecule has 102 valence electrons. The summed E-state index contributed by atoms with van der Waals surface area (Å²) in [6.45, 7) is 2.47. The number of aromatic carboxylic acids is 1. The third-order valence-corrected chi connectivity index (χ3v) is 3.04. The van der Waals surface area contributed by atoms with E-state index in [0.29, 0.717) is 6.54 Å². The Balaban J connectivity index is 2.08. The Bertz CT molecular complexity index is 515. The molecule has 0 unspecified atom stereocenters. The van der Waals surface area contributed by atoms with Gasteiger partial charge in [0.05, 0.1) is 5.56 Å². The normalized spacial score (nSPS) is 14.0. The first-order valence-corrected chi connectivity index (χ1v) is 6.13. The molecule has 1 aromatic carbocycles. The number of carboxylic acid groups (broad SMARTS) is 1. The van der Waals surface area contributed by atoms with E-state index in [1.54, 1.807) is 4.90 Å². The number of urea groups is 1. The molecule has 5 nitrogen and oxygen atoms in total. The molecular formula is C13H15FN2O3. The summed E-state index contributed by atoms with van der Waals surface area (Å²) in [5.41, 5.74) is -0.154. The SMILES string of the molecule is CCN(C(=O)Nc1ccc(C(=O)O)c(F)c1)C1CC1. The molecule has 0 atom stereocenters. The number of anilines is 1. The first-order valence-electron chi connectivity index (χ1n) is 6.13. The Morgan fingerprint density at radius 2 is 2.16 bits per heavy atom. The lowest BCUT2D eigenvalue weighted by Gasteiger charge is -2.20. The van der Waals surface area contributed by atoms with Crippen molar-refractivity contribution in [1.82, 2.24) is 4.90 Å². The van der Waals surface area contributed by atoms with Gasteiger partial charge >= 0.3 is 12.0 Å². The molecule has 6 heteroatoms. The van der Waals surface area contributed by atoms with Gasteiger partial charge in [-0.05, 0) is 38.0 Å². The van der Waals surface area contributed by atoms with Gasteiger partial charge in [0.1, 0.15) is 5.82 Å². The van der Waals surface area contributed by atoms with E-state index in [1.165, 1.54) is 6.07 Å². The van der Waals surface area contributed by atoms with Gasteiger partial charge in [-0.15, -0.1) is 0 Å². The minimum absolute atomic E-state index is 0.256. The molecule has 2 N–H and O–H groups in total. The molecule has 19 heavy (non-hydrogen) atoms. The third kappa shape index (κ3) is 3.01. The second kappa shape index (κ2) is 5.26. The lowest BCUT2D eigenvalue weighted by atomic mass is 10.2. The number of nitrogens with one attached hydrogen (secondary N) is 1. The van der Waals surface area contributed by atoms with E-state index in [0.717, 1.165) is 25.0 Å². The van der Waals surface area contributed by atoms with Gasteiger partial charge in [-0.3, -0.25) is 0 Å². The van der Waals surface area contributed by atoms with Crippen LogP contribution >= 0.6 is 0 Å². The zero-order valence-electron chi connectivity index (χ0n) is 10.5. The van der Waals surface area contributed by atoms with Crippen molar-refractivity contribution in [3.63, 3.8) is 0 Å². The molecule has 1 aliphatic rings. The minimum Gasteiger partial charge on any atom is -0.478 e. The van der Waals surface area contributed by atoms with Crippen LogP contribution in [0.4, 0.5) is 14.9 Å². The first-order chi connectivity index (χ1) is 9.02. The van der Waals surface area contributed by atoms with Crippen molar-refractivity contribution >= 4 is 17.7 Å². The number of benzene rings is 1. The van der Waals surface area contributed by atoms with Crippen LogP contribution in [0.3, 0.4) is 0 Å². The molecule has 0 bridgehead atoms. The fourth-order valence-electron chi connectivity index (χ4n) is 1.92. The van der Waals surface area contributed by atoms with Gasteiger partial charge in [0.2, 0.25) is 0 Å². The zero-order valence-corrected chi connectivity index (χ0v) is 10.5. The van der Waals surface area contributed by atoms with E-state index < -0.39 is 17.3 Å². The van der Waals surface area contributed by atoms with E-state index in [2.05, 4.69) is 5.32 Å². The summed E-state index contributed by atoms with van der Waals surface area (Å²) in [4.78, 5) is 24.3. The van der Waals surface area contributed by atoms with Crippen molar-refractivity contribution in [1.29, 1.82) is 0 Å². The Morgan fingerprint density at radius 1 is 1.47 bits per heavy atom. The summed E-state index contributed by atoms with van der Waals surface area (Å²) in [7, 11) is 0. The molecule has 1 aromatic rings. The third-order valence-electron chi connectivity index (χ3n) is 3.04. The molecule has 1 aliphatic carbocycles. The van der Waals surface area contributed by atoms with E-state index in [1.807, 2.05) is 6.92 Å². The summed E-state index contributed by atoms with van der Waals surface area (Å²) in [5, 5.41) is 11.3. The summed E-state index contributed by atoms with van der Waals surface area (Å²) in [6.07, 6.45) is 1.99. The molecule has 0 saturated heterocycles. The van der Waals surface area contributed by atoms with Crippen LogP contribution in [0.25, 0.3) is 0 Å². The van der Waals surface area contributed by atoms with Crippen LogP contribution in [0, 0.1) is 5.82 Å². The molecule has 0 radical (unpaired) electrons. The fourth-order valence-corrected chi connectivity index (χ4v) is 1.92. The highest BCUT2D eigenvalue weighted by molar-refractivity contribution is 5.92. The second-order valence-electron chi connectivity index (χ2n) is 4.45. The first kappa shape index (κ1) is 13.3. The van der Waals surface area contributed by atoms with E-state index in [-0.39, 0.29) is 17.8 Å². The highest BCUT2D eigenvalue weighted by Crippen LogP contribution is 2.27.